The van der Waals surface area contributed by atoms with Crippen molar-refractivity contribution in [3.63, 3.8) is 0 Å². The number of hydrogen-bond acceptors (Lipinski definition) is 5. The molecule has 0 atom stereocenters. The van der Waals surface area contributed by atoms with Crippen LogP contribution in [-0.4, -0.2) is 21.7 Å². The van der Waals surface area contributed by atoms with Crippen LogP contribution in [0.5, 0.6) is 0 Å². The molecule has 17 heavy (non-hydrogen) atoms. The number of anilines is 1. The van der Waals surface area contributed by atoms with E-state index in [0.29, 0.717) is 11.8 Å². The van der Waals surface area contributed by atoms with E-state index in [1.54, 1.807) is 12.4 Å². The lowest BCUT2D eigenvalue weighted by Crippen LogP contribution is -2.05. The Bertz CT molecular complexity index is 453. The Morgan fingerprint density at radius 1 is 1.29 bits per heavy atom. The fourth-order valence-electron chi connectivity index (χ4n) is 1.39. The Morgan fingerprint density at radius 3 is 2.71 bits per heavy atom. The van der Waals surface area contributed by atoms with Gasteiger partial charge in [-0.05, 0) is 12.1 Å². The fourth-order valence-corrected chi connectivity index (χ4v) is 1.39. The van der Waals surface area contributed by atoms with Crippen LogP contribution in [0.1, 0.15) is 31.5 Å². The van der Waals surface area contributed by atoms with Crippen LogP contribution in [0.2, 0.25) is 0 Å². The molecule has 0 aliphatic rings. The van der Waals surface area contributed by atoms with Gasteiger partial charge in [-0.2, -0.15) is 4.98 Å². The summed E-state index contributed by atoms with van der Waals surface area (Å²) in [4.78, 5) is 8.26. The Hall–Kier alpha value is -1.91. The average Bonchev–Trinajstić information content (AvgIpc) is 2.79. The Balaban J connectivity index is 1.82. The van der Waals surface area contributed by atoms with Gasteiger partial charge < -0.3 is 9.84 Å². The second-order valence-electron chi connectivity index (χ2n) is 4.11. The summed E-state index contributed by atoms with van der Waals surface area (Å²) in [5.74, 6) is 1.75. The molecular weight excluding hydrogens is 216 g/mol. The minimum Gasteiger partial charge on any atom is -0.384 e. The summed E-state index contributed by atoms with van der Waals surface area (Å²) in [6.07, 6.45) is 4.24. The topological polar surface area (TPSA) is 63.8 Å². The molecule has 2 aromatic rings. The van der Waals surface area contributed by atoms with Crippen LogP contribution < -0.4 is 5.32 Å². The van der Waals surface area contributed by atoms with E-state index in [1.807, 2.05) is 26.0 Å². The molecule has 0 saturated heterocycles. The highest BCUT2D eigenvalue weighted by Crippen LogP contribution is 2.10. The lowest BCUT2D eigenvalue weighted by molar-refractivity contribution is 0.373. The molecule has 0 bridgehead atoms. The second kappa shape index (κ2) is 5.43. The van der Waals surface area contributed by atoms with Crippen LogP contribution in [0.25, 0.3) is 0 Å². The van der Waals surface area contributed by atoms with Gasteiger partial charge in [0, 0.05) is 37.0 Å². The molecule has 0 spiro atoms. The van der Waals surface area contributed by atoms with Gasteiger partial charge in [-0.3, -0.25) is 4.98 Å². The zero-order valence-electron chi connectivity index (χ0n) is 10.1. The first kappa shape index (κ1) is 11.6. The molecule has 0 fully saturated rings. The van der Waals surface area contributed by atoms with Crippen LogP contribution in [-0.2, 0) is 6.42 Å². The predicted octanol–water partition coefficient (Wildman–Crippen LogP) is 2.24. The van der Waals surface area contributed by atoms with Crippen LogP contribution in [0, 0.1) is 0 Å². The van der Waals surface area contributed by atoms with Gasteiger partial charge in [-0.15, -0.1) is 0 Å². The van der Waals surface area contributed by atoms with Crippen molar-refractivity contribution in [2.45, 2.75) is 26.2 Å². The van der Waals surface area contributed by atoms with Crippen molar-refractivity contribution in [2.24, 2.45) is 0 Å². The standard InChI is InChI=1S/C12H16N4O/c1-9(2)12-15-11(17-16-12)5-8-14-10-3-6-13-7-4-10/h3-4,6-7,9H,5,8H2,1-2H3,(H,13,14). The van der Waals surface area contributed by atoms with Gasteiger partial charge in [-0.1, -0.05) is 19.0 Å². The summed E-state index contributed by atoms with van der Waals surface area (Å²) in [5.41, 5.74) is 1.04. The highest BCUT2D eigenvalue weighted by atomic mass is 16.5. The molecule has 0 amide bonds. The summed E-state index contributed by atoms with van der Waals surface area (Å²) in [7, 11) is 0. The zero-order valence-corrected chi connectivity index (χ0v) is 10.1. The average molecular weight is 232 g/mol. The van der Waals surface area contributed by atoms with E-state index in [-0.39, 0.29) is 0 Å². The number of rotatable bonds is 5. The SMILES string of the molecule is CC(C)c1noc(CCNc2ccncc2)n1. The number of aromatic nitrogens is 3. The third kappa shape index (κ3) is 3.27. The van der Waals surface area contributed by atoms with E-state index < -0.39 is 0 Å². The molecule has 2 aromatic heterocycles. The molecule has 5 heteroatoms. The minimum absolute atomic E-state index is 0.306. The molecule has 0 unspecified atom stereocenters. The Labute approximate surface area is 100 Å². The number of hydrogen-bond donors (Lipinski definition) is 1. The lowest BCUT2D eigenvalue weighted by atomic mass is 10.2. The van der Waals surface area contributed by atoms with Gasteiger partial charge >= 0.3 is 0 Å². The number of pyridine rings is 1. The highest BCUT2D eigenvalue weighted by molar-refractivity contribution is 5.40. The van der Waals surface area contributed by atoms with Gasteiger partial charge in [0.2, 0.25) is 5.89 Å². The minimum atomic E-state index is 0.306. The van der Waals surface area contributed by atoms with E-state index in [9.17, 15) is 0 Å². The Kier molecular flexibility index (Phi) is 3.69. The third-order valence-corrected chi connectivity index (χ3v) is 2.35. The molecule has 0 aliphatic carbocycles. The van der Waals surface area contributed by atoms with Gasteiger partial charge in [0.25, 0.3) is 0 Å². The van der Waals surface area contributed by atoms with Crippen LogP contribution in [0.4, 0.5) is 5.69 Å². The van der Waals surface area contributed by atoms with Crippen molar-refractivity contribution in [3.8, 4) is 0 Å². The maximum Gasteiger partial charge on any atom is 0.228 e. The summed E-state index contributed by atoms with van der Waals surface area (Å²) in [6.45, 7) is 4.86. The highest BCUT2D eigenvalue weighted by Gasteiger charge is 2.08. The predicted molar refractivity (Wildman–Crippen MR) is 64.8 cm³/mol. The first-order valence-corrected chi connectivity index (χ1v) is 5.72. The summed E-state index contributed by atoms with van der Waals surface area (Å²) in [5, 5.41) is 7.18. The van der Waals surface area contributed by atoms with E-state index in [4.69, 9.17) is 4.52 Å². The molecule has 0 saturated carbocycles. The maximum absolute atomic E-state index is 5.15. The summed E-state index contributed by atoms with van der Waals surface area (Å²) >= 11 is 0. The van der Waals surface area contributed by atoms with E-state index in [0.717, 1.165) is 24.5 Å². The van der Waals surface area contributed by atoms with Crippen molar-refractivity contribution in [2.75, 3.05) is 11.9 Å². The molecule has 0 aromatic carbocycles. The first-order chi connectivity index (χ1) is 8.25. The first-order valence-electron chi connectivity index (χ1n) is 5.72. The van der Waals surface area contributed by atoms with Gasteiger partial charge in [0.1, 0.15) is 0 Å². The molecule has 0 radical (unpaired) electrons. The van der Waals surface area contributed by atoms with Gasteiger partial charge in [0.05, 0.1) is 0 Å². The van der Waals surface area contributed by atoms with Crippen LogP contribution in [0.15, 0.2) is 29.0 Å². The van der Waals surface area contributed by atoms with Crippen molar-refractivity contribution in [1.82, 2.24) is 15.1 Å². The monoisotopic (exact) mass is 232 g/mol. The summed E-state index contributed by atoms with van der Waals surface area (Å²) in [6, 6.07) is 3.85. The Morgan fingerprint density at radius 2 is 2.06 bits per heavy atom. The lowest BCUT2D eigenvalue weighted by Gasteiger charge is -2.02. The van der Waals surface area contributed by atoms with Crippen LogP contribution >= 0.6 is 0 Å². The van der Waals surface area contributed by atoms with Gasteiger partial charge in [-0.25, -0.2) is 0 Å². The largest absolute Gasteiger partial charge is 0.384 e. The molecule has 5 nitrogen and oxygen atoms in total. The smallest absolute Gasteiger partial charge is 0.228 e. The molecule has 90 valence electrons. The zero-order chi connectivity index (χ0) is 12.1. The van der Waals surface area contributed by atoms with E-state index >= 15 is 0 Å². The molecule has 1 N–H and O–H groups in total. The van der Waals surface area contributed by atoms with Gasteiger partial charge in [0.15, 0.2) is 5.82 Å². The molecule has 0 aliphatic heterocycles. The van der Waals surface area contributed by atoms with E-state index in [2.05, 4.69) is 20.4 Å². The van der Waals surface area contributed by atoms with E-state index in [1.165, 1.54) is 0 Å². The van der Waals surface area contributed by atoms with Crippen molar-refractivity contribution < 1.29 is 4.52 Å². The van der Waals surface area contributed by atoms with Crippen LogP contribution in [0.3, 0.4) is 0 Å². The second-order valence-corrected chi connectivity index (χ2v) is 4.11. The van der Waals surface area contributed by atoms with Crippen molar-refractivity contribution in [3.05, 3.63) is 36.2 Å². The third-order valence-electron chi connectivity index (χ3n) is 2.35. The number of nitrogens with one attached hydrogen (secondary N) is 1. The molecular formula is C12H16N4O. The quantitative estimate of drug-likeness (QED) is 0.856. The van der Waals surface area contributed by atoms with Crippen molar-refractivity contribution >= 4 is 5.69 Å². The van der Waals surface area contributed by atoms with Crippen molar-refractivity contribution in [1.29, 1.82) is 0 Å². The fraction of sp³-hybridized carbons (Fsp3) is 0.417. The molecule has 2 heterocycles. The number of nitrogens with zero attached hydrogens (tertiary/aromatic N) is 3. The normalized spacial score (nSPS) is 10.8. The maximum atomic E-state index is 5.15. The summed E-state index contributed by atoms with van der Waals surface area (Å²) < 4.78 is 5.15. The molecule has 2 rings (SSSR count).